The van der Waals surface area contributed by atoms with E-state index in [0.717, 1.165) is 19.4 Å². The highest BCUT2D eigenvalue weighted by Crippen LogP contribution is 2.07. The molecule has 2 heterocycles. The summed E-state index contributed by atoms with van der Waals surface area (Å²) in [7, 11) is 0. The fourth-order valence-electron chi connectivity index (χ4n) is 1.56. The Morgan fingerprint density at radius 2 is 2.17 bits per heavy atom. The zero-order chi connectivity index (χ0) is 8.39. The van der Waals surface area contributed by atoms with Crippen molar-refractivity contribution in [3.63, 3.8) is 0 Å². The number of rotatable bonds is 1. The van der Waals surface area contributed by atoms with Crippen molar-refractivity contribution in [1.29, 1.82) is 0 Å². The topological polar surface area (TPSA) is 34.0 Å². The number of aromatic nitrogens is 1. The lowest BCUT2D eigenvalue weighted by molar-refractivity contribution is 0.0870. The molecule has 2 rings (SSSR count). The first-order valence-corrected chi connectivity index (χ1v) is 4.28. The lowest BCUT2D eigenvalue weighted by atomic mass is 10.2. The van der Waals surface area contributed by atoms with Gasteiger partial charge in [-0.3, -0.25) is 9.36 Å². The Hall–Kier alpha value is -1.09. The molecule has 64 valence electrons. The predicted molar refractivity (Wildman–Crippen MR) is 46.1 cm³/mol. The Balaban J connectivity index is 2.09. The second-order valence-corrected chi connectivity index (χ2v) is 3.08. The van der Waals surface area contributed by atoms with Crippen molar-refractivity contribution in [2.24, 2.45) is 0 Å². The van der Waals surface area contributed by atoms with Gasteiger partial charge in [-0.25, -0.2) is 0 Å². The number of carbonyl (C=O) groups is 1. The summed E-state index contributed by atoms with van der Waals surface area (Å²) < 4.78 is 1.64. The number of carbonyl (C=O) groups excluding carboxylic acids is 1. The van der Waals surface area contributed by atoms with Gasteiger partial charge >= 0.3 is 0 Å². The van der Waals surface area contributed by atoms with Gasteiger partial charge < -0.3 is 5.32 Å². The van der Waals surface area contributed by atoms with Crippen molar-refractivity contribution in [2.75, 3.05) is 6.54 Å². The van der Waals surface area contributed by atoms with Crippen molar-refractivity contribution in [3.8, 4) is 0 Å². The molecular formula is C9H12N2O. The molecule has 1 atom stereocenters. The van der Waals surface area contributed by atoms with Crippen LogP contribution in [0.15, 0.2) is 24.5 Å². The molecule has 0 aliphatic carbocycles. The first-order valence-electron chi connectivity index (χ1n) is 4.28. The Morgan fingerprint density at radius 1 is 1.42 bits per heavy atom. The fraction of sp³-hybridized carbons (Fsp3) is 0.444. The minimum Gasteiger partial charge on any atom is -0.306 e. The molecule has 3 nitrogen and oxygen atoms in total. The van der Waals surface area contributed by atoms with E-state index in [1.165, 1.54) is 0 Å². The van der Waals surface area contributed by atoms with Gasteiger partial charge in [0, 0.05) is 12.4 Å². The van der Waals surface area contributed by atoms with Gasteiger partial charge in [0.25, 0.3) is 0 Å². The average Bonchev–Trinajstić information content (AvgIpc) is 2.77. The van der Waals surface area contributed by atoms with Crippen LogP contribution < -0.4 is 5.32 Å². The predicted octanol–water partition coefficient (Wildman–Crippen LogP) is 0.880. The molecule has 0 aromatic carbocycles. The summed E-state index contributed by atoms with van der Waals surface area (Å²) in [5.41, 5.74) is 0. The number of nitrogens with one attached hydrogen (secondary N) is 1. The average molecular weight is 164 g/mol. The van der Waals surface area contributed by atoms with Crippen molar-refractivity contribution >= 4 is 5.91 Å². The second kappa shape index (κ2) is 3.11. The Labute approximate surface area is 71.4 Å². The van der Waals surface area contributed by atoms with Gasteiger partial charge in [0.1, 0.15) is 0 Å². The van der Waals surface area contributed by atoms with Gasteiger partial charge in [0.15, 0.2) is 0 Å². The first kappa shape index (κ1) is 7.55. The van der Waals surface area contributed by atoms with E-state index in [0.29, 0.717) is 0 Å². The summed E-state index contributed by atoms with van der Waals surface area (Å²) in [5, 5.41) is 3.17. The van der Waals surface area contributed by atoms with Crippen LogP contribution in [-0.4, -0.2) is 23.1 Å². The third kappa shape index (κ3) is 1.28. The summed E-state index contributed by atoms with van der Waals surface area (Å²) in [6, 6.07) is 3.78. The lowest BCUT2D eigenvalue weighted by Crippen LogP contribution is -2.34. The quantitative estimate of drug-likeness (QED) is 0.668. The molecule has 1 aromatic rings. The summed E-state index contributed by atoms with van der Waals surface area (Å²) in [6.45, 7) is 0.970. The van der Waals surface area contributed by atoms with Gasteiger partial charge in [-0.2, -0.15) is 0 Å². The van der Waals surface area contributed by atoms with Crippen molar-refractivity contribution in [1.82, 2.24) is 9.88 Å². The molecular weight excluding hydrogens is 152 g/mol. The molecule has 0 radical (unpaired) electrons. The highest BCUT2D eigenvalue weighted by molar-refractivity contribution is 5.84. The van der Waals surface area contributed by atoms with E-state index in [4.69, 9.17) is 0 Å². The molecule has 0 unspecified atom stereocenters. The van der Waals surface area contributed by atoms with Crippen LogP contribution in [0, 0.1) is 0 Å². The minimum absolute atomic E-state index is 0.0393. The third-order valence-corrected chi connectivity index (χ3v) is 2.22. The number of hydrogen-bond donors (Lipinski definition) is 1. The van der Waals surface area contributed by atoms with Crippen LogP contribution in [0.25, 0.3) is 0 Å². The SMILES string of the molecule is O=C([C@@H]1CCCN1)n1cccc1. The standard InChI is InChI=1S/C9H12N2O/c12-9(8-4-3-5-10-8)11-6-1-2-7-11/h1-2,6-8,10H,3-5H2/t8-/m0/s1. The maximum absolute atomic E-state index is 11.6. The van der Waals surface area contributed by atoms with Crippen LogP contribution in [0.5, 0.6) is 0 Å². The molecule has 0 saturated carbocycles. The highest BCUT2D eigenvalue weighted by atomic mass is 16.2. The van der Waals surface area contributed by atoms with Crippen LogP contribution in [0.3, 0.4) is 0 Å². The summed E-state index contributed by atoms with van der Waals surface area (Å²) in [4.78, 5) is 11.6. The van der Waals surface area contributed by atoms with Gasteiger partial charge in [0.05, 0.1) is 6.04 Å². The van der Waals surface area contributed by atoms with E-state index in [1.54, 1.807) is 17.0 Å². The molecule has 0 spiro atoms. The summed E-state index contributed by atoms with van der Waals surface area (Å²) in [6.07, 6.45) is 5.67. The maximum atomic E-state index is 11.6. The lowest BCUT2D eigenvalue weighted by Gasteiger charge is -2.08. The van der Waals surface area contributed by atoms with Gasteiger partial charge in [0.2, 0.25) is 5.91 Å². The van der Waals surface area contributed by atoms with Crippen LogP contribution >= 0.6 is 0 Å². The van der Waals surface area contributed by atoms with Crippen LogP contribution in [0.1, 0.15) is 17.6 Å². The van der Waals surface area contributed by atoms with E-state index < -0.39 is 0 Å². The highest BCUT2D eigenvalue weighted by Gasteiger charge is 2.22. The van der Waals surface area contributed by atoms with E-state index in [9.17, 15) is 4.79 Å². The molecule has 1 N–H and O–H groups in total. The molecule has 1 aliphatic rings. The largest absolute Gasteiger partial charge is 0.306 e. The van der Waals surface area contributed by atoms with Gasteiger partial charge in [-0.15, -0.1) is 0 Å². The van der Waals surface area contributed by atoms with E-state index in [2.05, 4.69) is 5.32 Å². The molecule has 0 amide bonds. The zero-order valence-electron chi connectivity index (χ0n) is 6.86. The number of nitrogens with zero attached hydrogens (tertiary/aromatic N) is 1. The molecule has 3 heteroatoms. The second-order valence-electron chi connectivity index (χ2n) is 3.08. The van der Waals surface area contributed by atoms with Crippen LogP contribution in [0.4, 0.5) is 0 Å². The maximum Gasteiger partial charge on any atom is 0.247 e. The molecule has 0 bridgehead atoms. The Morgan fingerprint density at radius 3 is 2.75 bits per heavy atom. The normalized spacial score (nSPS) is 22.8. The van der Waals surface area contributed by atoms with E-state index >= 15 is 0 Å². The third-order valence-electron chi connectivity index (χ3n) is 2.22. The molecule has 1 aromatic heterocycles. The molecule has 1 saturated heterocycles. The Bertz CT molecular complexity index is 260. The van der Waals surface area contributed by atoms with Crippen molar-refractivity contribution in [2.45, 2.75) is 18.9 Å². The van der Waals surface area contributed by atoms with Crippen molar-refractivity contribution in [3.05, 3.63) is 24.5 Å². The van der Waals surface area contributed by atoms with Crippen LogP contribution in [0.2, 0.25) is 0 Å². The van der Waals surface area contributed by atoms with E-state index in [1.807, 2.05) is 12.1 Å². The van der Waals surface area contributed by atoms with Gasteiger partial charge in [-0.1, -0.05) is 0 Å². The molecule has 12 heavy (non-hydrogen) atoms. The zero-order valence-corrected chi connectivity index (χ0v) is 6.86. The first-order chi connectivity index (χ1) is 5.88. The minimum atomic E-state index is 0.0393. The van der Waals surface area contributed by atoms with Crippen LogP contribution in [-0.2, 0) is 0 Å². The smallest absolute Gasteiger partial charge is 0.247 e. The van der Waals surface area contributed by atoms with Crippen molar-refractivity contribution < 1.29 is 4.79 Å². The molecule has 1 fully saturated rings. The summed E-state index contributed by atoms with van der Waals surface area (Å²) >= 11 is 0. The van der Waals surface area contributed by atoms with E-state index in [-0.39, 0.29) is 11.9 Å². The summed E-state index contributed by atoms with van der Waals surface area (Å²) in [5.74, 6) is 0.164. The monoisotopic (exact) mass is 164 g/mol. The van der Waals surface area contributed by atoms with Gasteiger partial charge in [-0.05, 0) is 31.5 Å². The Kier molecular flexibility index (Phi) is 1.96. The molecule has 1 aliphatic heterocycles. The number of hydrogen-bond acceptors (Lipinski definition) is 2. The fourth-order valence-corrected chi connectivity index (χ4v) is 1.56.